The minimum atomic E-state index is -2.88. The summed E-state index contributed by atoms with van der Waals surface area (Å²) in [5.41, 5.74) is -1.09. The van der Waals surface area contributed by atoms with Crippen molar-refractivity contribution in [2.45, 2.75) is 50.5 Å². The van der Waals surface area contributed by atoms with Crippen molar-refractivity contribution in [2.24, 2.45) is 0 Å². The van der Waals surface area contributed by atoms with Gasteiger partial charge in [-0.2, -0.15) is 0 Å². The summed E-state index contributed by atoms with van der Waals surface area (Å²) in [5.74, 6) is -1.42. The van der Waals surface area contributed by atoms with Gasteiger partial charge in [-0.1, -0.05) is 48.5 Å². The van der Waals surface area contributed by atoms with E-state index in [1.807, 2.05) is 19.0 Å². The molecule has 232 valence electrons. The second-order valence-corrected chi connectivity index (χ2v) is 11.4. The number of halogens is 5. The highest BCUT2D eigenvalue weighted by molar-refractivity contribution is 6.32. The zero-order valence-corrected chi connectivity index (χ0v) is 26.0. The number of carbonyl (C=O) groups excluding carboxylic acids is 1. The molecule has 0 unspecified atom stereocenters. The van der Waals surface area contributed by atoms with E-state index in [-0.39, 0.29) is 40.1 Å². The number of carbonyl (C=O) groups is 2. The van der Waals surface area contributed by atoms with E-state index in [1.165, 1.54) is 18.3 Å². The van der Waals surface area contributed by atoms with Gasteiger partial charge in [0.1, 0.15) is 17.0 Å². The molecule has 0 bridgehead atoms. The van der Waals surface area contributed by atoms with Crippen molar-refractivity contribution in [3.63, 3.8) is 0 Å². The number of carboxylic acids is 1. The third-order valence-corrected chi connectivity index (χ3v) is 7.70. The number of benzene rings is 1. The maximum absolute atomic E-state index is 14.1. The lowest BCUT2D eigenvalue weighted by molar-refractivity contribution is -0.145. The van der Waals surface area contributed by atoms with Crippen LogP contribution in [0.4, 0.5) is 8.78 Å². The molecule has 1 amide bonds. The van der Waals surface area contributed by atoms with Crippen LogP contribution in [0.15, 0.2) is 42.6 Å². The quantitative estimate of drug-likeness (QED) is 0.208. The Morgan fingerprint density at radius 2 is 1.81 bits per heavy atom. The SMILES string of the molecule is CN(C)CCCOc1cc(-c2nc(C(=O)NC3(C(=O)O)CCCCC3)ccc2-c2ncc(Cl)cc2C(F)F)ccc1Cl.Cl. The standard InChI is InChI=1S/C30H32Cl2F2N4O4.ClH/c1-38(2)13-6-14-42-24-15-18(7-9-22(24)32)25-20(26-21(27(33)34)16-19(31)17-35-26)8-10-23(36-25)28(39)37-30(29(40)41)11-4-3-5-12-30;/h7-10,15-17,27H,3-6,11-14H2,1-2H3,(H,37,39)(H,40,41);1H. The van der Waals surface area contributed by atoms with Gasteiger partial charge in [-0.3, -0.25) is 9.78 Å². The molecule has 0 radical (unpaired) electrons. The third kappa shape index (κ3) is 8.32. The van der Waals surface area contributed by atoms with Crippen molar-refractivity contribution < 1.29 is 28.2 Å². The van der Waals surface area contributed by atoms with E-state index in [0.29, 0.717) is 48.6 Å². The van der Waals surface area contributed by atoms with Crippen molar-refractivity contribution in [2.75, 3.05) is 27.2 Å². The molecule has 8 nitrogen and oxygen atoms in total. The molecule has 0 atom stereocenters. The Kier molecular flexibility index (Phi) is 12.1. The summed E-state index contributed by atoms with van der Waals surface area (Å²) in [6.45, 7) is 1.19. The largest absolute Gasteiger partial charge is 0.492 e. The van der Waals surface area contributed by atoms with Crippen LogP contribution in [0.2, 0.25) is 10.0 Å². The van der Waals surface area contributed by atoms with Gasteiger partial charge in [0.05, 0.1) is 28.0 Å². The summed E-state index contributed by atoms with van der Waals surface area (Å²) in [6, 6.07) is 8.84. The second-order valence-electron chi connectivity index (χ2n) is 10.5. The predicted octanol–water partition coefficient (Wildman–Crippen LogP) is 7.32. The molecule has 1 aliphatic rings. The van der Waals surface area contributed by atoms with Crippen molar-refractivity contribution in [3.05, 3.63) is 63.9 Å². The number of hydrogen-bond acceptors (Lipinski definition) is 6. The van der Waals surface area contributed by atoms with Crippen LogP contribution in [0.3, 0.4) is 0 Å². The van der Waals surface area contributed by atoms with Crippen molar-refractivity contribution in [1.82, 2.24) is 20.2 Å². The zero-order valence-electron chi connectivity index (χ0n) is 23.7. The van der Waals surface area contributed by atoms with Gasteiger partial charge in [-0.25, -0.2) is 18.6 Å². The second kappa shape index (κ2) is 15.1. The fourth-order valence-corrected chi connectivity index (χ4v) is 5.33. The molecule has 3 aromatic rings. The molecule has 2 heterocycles. The first-order chi connectivity index (χ1) is 20.0. The van der Waals surface area contributed by atoms with Crippen LogP contribution in [0, 0.1) is 0 Å². The van der Waals surface area contributed by atoms with Gasteiger partial charge in [-0.15, -0.1) is 12.4 Å². The molecule has 4 rings (SSSR count). The topological polar surface area (TPSA) is 105 Å². The van der Waals surface area contributed by atoms with E-state index in [0.717, 1.165) is 25.5 Å². The average Bonchev–Trinajstić information content (AvgIpc) is 2.96. The summed E-state index contributed by atoms with van der Waals surface area (Å²) < 4.78 is 34.1. The van der Waals surface area contributed by atoms with Crippen LogP contribution in [-0.2, 0) is 4.79 Å². The molecule has 1 aliphatic carbocycles. The van der Waals surface area contributed by atoms with Crippen LogP contribution >= 0.6 is 35.6 Å². The van der Waals surface area contributed by atoms with Gasteiger partial charge in [0.15, 0.2) is 0 Å². The van der Waals surface area contributed by atoms with Gasteiger partial charge < -0.3 is 20.1 Å². The van der Waals surface area contributed by atoms with E-state index in [2.05, 4.69) is 15.3 Å². The van der Waals surface area contributed by atoms with Crippen LogP contribution in [-0.4, -0.2) is 64.6 Å². The number of amides is 1. The smallest absolute Gasteiger partial charge is 0.329 e. The maximum Gasteiger partial charge on any atom is 0.329 e. The Bertz CT molecular complexity index is 1450. The van der Waals surface area contributed by atoms with E-state index in [9.17, 15) is 23.5 Å². The number of ether oxygens (including phenoxy) is 1. The fraction of sp³-hybridized carbons (Fsp3) is 0.400. The minimum absolute atomic E-state index is 0. The normalized spacial score (nSPS) is 14.3. The maximum atomic E-state index is 14.1. The molecule has 2 aromatic heterocycles. The minimum Gasteiger partial charge on any atom is -0.492 e. The van der Waals surface area contributed by atoms with Gasteiger partial charge in [0, 0.05) is 29.4 Å². The third-order valence-electron chi connectivity index (χ3n) is 7.18. The first-order valence-corrected chi connectivity index (χ1v) is 14.3. The first kappa shape index (κ1) is 34.4. The van der Waals surface area contributed by atoms with E-state index in [1.54, 1.807) is 18.2 Å². The molecular weight excluding hydrogens is 625 g/mol. The number of aliphatic carboxylic acids is 1. The number of nitrogens with one attached hydrogen (secondary N) is 1. The predicted molar refractivity (Wildman–Crippen MR) is 165 cm³/mol. The van der Waals surface area contributed by atoms with E-state index in [4.69, 9.17) is 27.9 Å². The van der Waals surface area contributed by atoms with Gasteiger partial charge in [0.2, 0.25) is 0 Å². The Morgan fingerprint density at radius 3 is 2.47 bits per heavy atom. The highest BCUT2D eigenvalue weighted by Gasteiger charge is 2.41. The Balaban J connectivity index is 0.00000506. The van der Waals surface area contributed by atoms with Gasteiger partial charge >= 0.3 is 5.97 Å². The Morgan fingerprint density at radius 1 is 1.09 bits per heavy atom. The van der Waals surface area contributed by atoms with Gasteiger partial charge in [0.25, 0.3) is 12.3 Å². The summed E-state index contributed by atoms with van der Waals surface area (Å²) in [7, 11) is 3.91. The van der Waals surface area contributed by atoms with Crippen LogP contribution in [0.1, 0.15) is 61.0 Å². The highest BCUT2D eigenvalue weighted by Crippen LogP contribution is 2.39. The summed E-state index contributed by atoms with van der Waals surface area (Å²) >= 11 is 12.4. The number of carboxylic acid groups (broad SMARTS) is 1. The molecular formula is C30H33Cl3F2N4O4. The number of rotatable bonds is 11. The first-order valence-electron chi connectivity index (χ1n) is 13.6. The molecule has 0 spiro atoms. The Labute approximate surface area is 265 Å². The molecule has 0 saturated heterocycles. The summed E-state index contributed by atoms with van der Waals surface area (Å²) in [6.07, 6.45) is 1.95. The summed E-state index contributed by atoms with van der Waals surface area (Å²) in [5, 5.41) is 13.0. The number of alkyl halides is 2. The zero-order chi connectivity index (χ0) is 30.4. The highest BCUT2D eigenvalue weighted by atomic mass is 35.5. The number of hydrogen-bond donors (Lipinski definition) is 2. The lowest BCUT2D eigenvalue weighted by atomic mass is 9.81. The van der Waals surface area contributed by atoms with Crippen LogP contribution in [0.5, 0.6) is 5.75 Å². The molecule has 2 N–H and O–H groups in total. The molecule has 1 fully saturated rings. The molecule has 43 heavy (non-hydrogen) atoms. The lowest BCUT2D eigenvalue weighted by Crippen LogP contribution is -2.55. The van der Waals surface area contributed by atoms with E-state index < -0.39 is 29.4 Å². The summed E-state index contributed by atoms with van der Waals surface area (Å²) in [4.78, 5) is 36.3. The number of nitrogens with zero attached hydrogens (tertiary/aromatic N) is 3. The lowest BCUT2D eigenvalue weighted by Gasteiger charge is -2.33. The fourth-order valence-electron chi connectivity index (χ4n) is 5.00. The number of pyridine rings is 2. The van der Waals surface area contributed by atoms with Crippen LogP contribution in [0.25, 0.3) is 22.5 Å². The van der Waals surface area contributed by atoms with E-state index >= 15 is 0 Å². The van der Waals surface area contributed by atoms with Crippen molar-refractivity contribution >= 4 is 47.5 Å². The van der Waals surface area contributed by atoms with Crippen molar-refractivity contribution in [1.29, 1.82) is 0 Å². The van der Waals surface area contributed by atoms with Crippen molar-refractivity contribution in [3.8, 4) is 28.3 Å². The molecule has 1 saturated carbocycles. The monoisotopic (exact) mass is 656 g/mol. The number of aromatic nitrogens is 2. The van der Waals surface area contributed by atoms with Crippen LogP contribution < -0.4 is 10.1 Å². The molecule has 1 aromatic carbocycles. The molecule has 13 heteroatoms. The van der Waals surface area contributed by atoms with Gasteiger partial charge in [-0.05, 0) is 63.7 Å². The Hall–Kier alpha value is -3.05. The molecule has 0 aliphatic heterocycles. The average molecular weight is 658 g/mol.